The third-order valence-electron chi connectivity index (χ3n) is 0.499. The second kappa shape index (κ2) is 5.44. The van der Waals surface area contributed by atoms with Crippen molar-refractivity contribution in [3.05, 3.63) is 0 Å². The van der Waals surface area contributed by atoms with Crippen LogP contribution in [0, 0.1) is 5.41 Å². The molecule has 0 aromatic rings. The van der Waals surface area contributed by atoms with E-state index in [-0.39, 0.29) is 5.50 Å². The molecule has 0 saturated heterocycles. The van der Waals surface area contributed by atoms with Gasteiger partial charge in [0.1, 0.15) is 11.8 Å². The summed E-state index contributed by atoms with van der Waals surface area (Å²) in [5.74, 6) is 0. The lowest BCUT2D eigenvalue weighted by molar-refractivity contribution is 1.03. The minimum absolute atomic E-state index is 0.243. The van der Waals surface area contributed by atoms with Crippen LogP contribution in [0.3, 0.4) is 0 Å². The third kappa shape index (κ3) is 7.30. The van der Waals surface area contributed by atoms with E-state index in [1.807, 2.05) is 0 Å². The van der Waals surface area contributed by atoms with Crippen LogP contribution in [-0.2, 0) is 0 Å². The van der Waals surface area contributed by atoms with Crippen molar-refractivity contribution < 1.29 is 0 Å². The van der Waals surface area contributed by atoms with Crippen molar-refractivity contribution in [3.63, 3.8) is 0 Å². The Morgan fingerprint density at radius 2 is 2.33 bits per heavy atom. The number of alkyl halides is 1. The molecule has 0 aliphatic carbocycles. The predicted molar refractivity (Wildman–Crippen MR) is 41.1 cm³/mol. The summed E-state index contributed by atoms with van der Waals surface area (Å²) in [6.45, 7) is 1.73. The van der Waals surface area contributed by atoms with Crippen LogP contribution in [-0.4, -0.2) is 24.3 Å². The van der Waals surface area contributed by atoms with Crippen LogP contribution in [0.1, 0.15) is 6.92 Å². The van der Waals surface area contributed by atoms with Gasteiger partial charge in [-0.15, -0.1) is 0 Å². The molecule has 0 aliphatic heterocycles. The number of hydrogen-bond donors (Lipinski definition) is 1. The molecule has 0 aromatic heterocycles. The van der Waals surface area contributed by atoms with Crippen molar-refractivity contribution in [2.45, 2.75) is 12.4 Å². The summed E-state index contributed by atoms with van der Waals surface area (Å²) in [5, 5.41) is 6.52. The summed E-state index contributed by atoms with van der Waals surface area (Å²) >= 11 is 5.43. The molecule has 0 radical (unpaired) electrons. The molecule has 0 amide bonds. The Labute approximate surface area is 59.0 Å². The van der Waals surface area contributed by atoms with E-state index < -0.39 is 0 Å². The van der Waals surface area contributed by atoms with Crippen molar-refractivity contribution >= 4 is 30.4 Å². The highest BCUT2D eigenvalue weighted by Crippen LogP contribution is 1.91. The standard InChI is InChI=1S/C5H8ClN3/c1-5(6)9-4-8-3-2-7/h2-5,7H,1H3. The van der Waals surface area contributed by atoms with E-state index >= 15 is 0 Å². The quantitative estimate of drug-likeness (QED) is 0.270. The van der Waals surface area contributed by atoms with E-state index in [0.29, 0.717) is 0 Å². The van der Waals surface area contributed by atoms with Crippen molar-refractivity contribution in [2.75, 3.05) is 0 Å². The summed E-state index contributed by atoms with van der Waals surface area (Å²) in [6, 6.07) is 0. The van der Waals surface area contributed by atoms with E-state index in [1.54, 1.807) is 6.92 Å². The Bertz CT molecular complexity index is 128. The van der Waals surface area contributed by atoms with Gasteiger partial charge in [-0.05, 0) is 6.92 Å². The number of hydrogen-bond acceptors (Lipinski definition) is 2. The average Bonchev–Trinajstić information content (AvgIpc) is 1.80. The maximum atomic E-state index is 6.52. The van der Waals surface area contributed by atoms with Crippen molar-refractivity contribution in [1.29, 1.82) is 5.41 Å². The molecule has 1 atom stereocenters. The van der Waals surface area contributed by atoms with Gasteiger partial charge in [0.2, 0.25) is 0 Å². The molecule has 0 aliphatic rings. The lowest BCUT2D eigenvalue weighted by Gasteiger charge is -1.85. The maximum absolute atomic E-state index is 6.52. The van der Waals surface area contributed by atoms with Gasteiger partial charge in [-0.3, -0.25) is 4.99 Å². The average molecular weight is 146 g/mol. The second-order valence-corrected chi connectivity index (χ2v) is 1.93. The maximum Gasteiger partial charge on any atom is 0.122 e. The van der Waals surface area contributed by atoms with Crippen LogP contribution in [0.5, 0.6) is 0 Å². The van der Waals surface area contributed by atoms with Gasteiger partial charge in [0, 0.05) is 12.4 Å². The SMILES string of the molecule is CC(Cl)N=CN=CC=N. The van der Waals surface area contributed by atoms with E-state index in [2.05, 4.69) is 9.98 Å². The molecule has 1 unspecified atom stereocenters. The molecular formula is C5H8ClN3. The van der Waals surface area contributed by atoms with E-state index in [4.69, 9.17) is 17.0 Å². The highest BCUT2D eigenvalue weighted by atomic mass is 35.5. The number of nitrogens with zero attached hydrogens (tertiary/aromatic N) is 2. The number of aliphatic imine (C=N–C) groups is 2. The largest absolute Gasteiger partial charge is 0.307 e. The monoisotopic (exact) mass is 145 g/mol. The lowest BCUT2D eigenvalue weighted by Crippen LogP contribution is -1.83. The van der Waals surface area contributed by atoms with Crippen LogP contribution in [0.4, 0.5) is 0 Å². The second-order valence-electron chi connectivity index (χ2n) is 1.30. The van der Waals surface area contributed by atoms with Gasteiger partial charge in [-0.2, -0.15) is 0 Å². The molecule has 9 heavy (non-hydrogen) atoms. The van der Waals surface area contributed by atoms with Gasteiger partial charge in [0.15, 0.2) is 0 Å². The highest BCUT2D eigenvalue weighted by Gasteiger charge is 1.82. The normalized spacial score (nSPS) is 14.9. The summed E-state index contributed by atoms with van der Waals surface area (Å²) in [7, 11) is 0. The van der Waals surface area contributed by atoms with Gasteiger partial charge in [0.25, 0.3) is 0 Å². The molecule has 0 spiro atoms. The first kappa shape index (κ1) is 8.30. The van der Waals surface area contributed by atoms with Crippen LogP contribution < -0.4 is 0 Å². The lowest BCUT2D eigenvalue weighted by atomic mass is 10.8. The Morgan fingerprint density at radius 1 is 1.67 bits per heavy atom. The zero-order valence-electron chi connectivity index (χ0n) is 5.08. The molecule has 0 heterocycles. The summed E-state index contributed by atoms with van der Waals surface area (Å²) in [6.07, 6.45) is 3.72. The molecule has 0 rings (SSSR count). The summed E-state index contributed by atoms with van der Waals surface area (Å²) in [4.78, 5) is 7.29. The Morgan fingerprint density at radius 3 is 2.78 bits per heavy atom. The first-order chi connectivity index (χ1) is 4.27. The first-order valence-corrected chi connectivity index (χ1v) is 2.89. The molecule has 3 nitrogen and oxygen atoms in total. The van der Waals surface area contributed by atoms with Crippen molar-refractivity contribution in [1.82, 2.24) is 0 Å². The van der Waals surface area contributed by atoms with E-state index in [9.17, 15) is 0 Å². The number of halogens is 1. The fraction of sp³-hybridized carbons (Fsp3) is 0.400. The predicted octanol–water partition coefficient (Wildman–Crippen LogP) is 1.32. The Kier molecular flexibility index (Phi) is 5.01. The summed E-state index contributed by atoms with van der Waals surface area (Å²) in [5.41, 5.74) is -0.243. The van der Waals surface area contributed by atoms with Gasteiger partial charge in [-0.25, -0.2) is 4.99 Å². The molecule has 0 saturated carbocycles. The fourth-order valence-corrected chi connectivity index (χ4v) is 0.262. The molecule has 0 aromatic carbocycles. The zero-order valence-corrected chi connectivity index (χ0v) is 5.84. The molecule has 1 N–H and O–H groups in total. The third-order valence-corrected chi connectivity index (χ3v) is 0.612. The van der Waals surface area contributed by atoms with Gasteiger partial charge >= 0.3 is 0 Å². The van der Waals surface area contributed by atoms with E-state index in [0.717, 1.165) is 6.21 Å². The van der Waals surface area contributed by atoms with E-state index in [1.165, 1.54) is 12.6 Å². The minimum Gasteiger partial charge on any atom is -0.307 e. The van der Waals surface area contributed by atoms with Crippen LogP contribution in [0.15, 0.2) is 9.98 Å². The first-order valence-electron chi connectivity index (χ1n) is 2.45. The molecule has 4 heteroatoms. The van der Waals surface area contributed by atoms with Crippen molar-refractivity contribution in [2.24, 2.45) is 9.98 Å². The molecular weight excluding hydrogens is 138 g/mol. The molecule has 0 fully saturated rings. The van der Waals surface area contributed by atoms with Gasteiger partial charge in [0.05, 0.1) is 0 Å². The van der Waals surface area contributed by atoms with Crippen molar-refractivity contribution in [3.8, 4) is 0 Å². The number of nitrogens with one attached hydrogen (secondary N) is 1. The van der Waals surface area contributed by atoms with Crippen LogP contribution in [0.25, 0.3) is 0 Å². The van der Waals surface area contributed by atoms with Gasteiger partial charge < -0.3 is 5.41 Å². The van der Waals surface area contributed by atoms with Crippen LogP contribution in [0.2, 0.25) is 0 Å². The molecule has 0 bridgehead atoms. The highest BCUT2D eigenvalue weighted by molar-refractivity contribution is 6.20. The number of rotatable bonds is 3. The molecule has 50 valence electrons. The topological polar surface area (TPSA) is 48.6 Å². The van der Waals surface area contributed by atoms with Gasteiger partial charge in [-0.1, -0.05) is 11.6 Å². The summed E-state index contributed by atoms with van der Waals surface area (Å²) < 4.78 is 0. The van der Waals surface area contributed by atoms with Crippen LogP contribution >= 0.6 is 11.6 Å². The minimum atomic E-state index is -0.243. The zero-order chi connectivity index (χ0) is 7.11. The smallest absolute Gasteiger partial charge is 0.122 e. The Balaban J connectivity index is 3.46. The Hall–Kier alpha value is -0.700. The fourth-order valence-electron chi connectivity index (χ4n) is 0.212.